The van der Waals surface area contributed by atoms with Crippen molar-refractivity contribution < 1.29 is 5.11 Å². The highest BCUT2D eigenvalue weighted by atomic mass is 16.3. The summed E-state index contributed by atoms with van der Waals surface area (Å²) in [6.45, 7) is 0. The predicted molar refractivity (Wildman–Crippen MR) is 79.5 cm³/mol. The number of hydrogen-bond donors (Lipinski definition) is 1. The van der Waals surface area contributed by atoms with Gasteiger partial charge in [-0.05, 0) is 18.4 Å². The van der Waals surface area contributed by atoms with E-state index in [4.69, 9.17) is 0 Å². The Labute approximate surface area is 120 Å². The summed E-state index contributed by atoms with van der Waals surface area (Å²) in [5.41, 5.74) is 1.19. The predicted octanol–water partition coefficient (Wildman–Crippen LogP) is 2.84. The summed E-state index contributed by atoms with van der Waals surface area (Å²) in [5, 5.41) is 10.9. The molecule has 3 rings (SSSR count). The lowest BCUT2D eigenvalue weighted by atomic mass is 9.73. The van der Waals surface area contributed by atoms with E-state index < -0.39 is 0 Å². The van der Waals surface area contributed by atoms with Gasteiger partial charge in [0.2, 0.25) is 0 Å². The molecule has 3 heteroatoms. The first kappa shape index (κ1) is 13.4. The Hall–Kier alpha value is -1.61. The molecule has 1 N–H and O–H groups in total. The maximum Gasteiger partial charge on any atom is 0.110 e. The third-order valence-electron chi connectivity index (χ3n) is 4.78. The molecule has 20 heavy (non-hydrogen) atoms. The zero-order valence-electron chi connectivity index (χ0n) is 12.0. The highest BCUT2D eigenvalue weighted by Crippen LogP contribution is 2.44. The molecule has 1 unspecified atom stereocenters. The van der Waals surface area contributed by atoms with Crippen LogP contribution < -0.4 is 0 Å². The standard InChI is InChI=1S/C17H22N2O/c1-19-12-11-18-16(19)13-15(20)17(9-5-6-10-17)14-7-3-2-4-8-14/h2-4,7-8,11-12,15,20H,5-6,9-10,13H2,1H3. The van der Waals surface area contributed by atoms with E-state index in [9.17, 15) is 5.11 Å². The van der Waals surface area contributed by atoms with Gasteiger partial charge in [-0.25, -0.2) is 4.98 Å². The Morgan fingerprint density at radius 1 is 1.25 bits per heavy atom. The lowest BCUT2D eigenvalue weighted by Gasteiger charge is -2.35. The molecular formula is C17H22N2O. The summed E-state index contributed by atoms with van der Waals surface area (Å²) in [6, 6.07) is 10.5. The largest absolute Gasteiger partial charge is 0.392 e. The molecular weight excluding hydrogens is 248 g/mol. The smallest absolute Gasteiger partial charge is 0.110 e. The van der Waals surface area contributed by atoms with Crippen LogP contribution in [0, 0.1) is 0 Å². The number of rotatable bonds is 4. The van der Waals surface area contributed by atoms with Gasteiger partial charge in [-0.3, -0.25) is 0 Å². The van der Waals surface area contributed by atoms with Crippen LogP contribution in [0.1, 0.15) is 37.1 Å². The monoisotopic (exact) mass is 270 g/mol. The SMILES string of the molecule is Cn1ccnc1CC(O)C1(c2ccccc2)CCCC1. The second-order valence-corrected chi connectivity index (χ2v) is 5.90. The molecule has 1 aromatic carbocycles. The Morgan fingerprint density at radius 3 is 2.55 bits per heavy atom. The van der Waals surface area contributed by atoms with Crippen LogP contribution in [-0.2, 0) is 18.9 Å². The molecule has 1 heterocycles. The first-order valence-corrected chi connectivity index (χ1v) is 7.42. The fourth-order valence-corrected chi connectivity index (χ4v) is 3.55. The van der Waals surface area contributed by atoms with Gasteiger partial charge in [0.25, 0.3) is 0 Å². The maximum absolute atomic E-state index is 10.9. The number of aliphatic hydroxyl groups excluding tert-OH is 1. The molecule has 1 atom stereocenters. The van der Waals surface area contributed by atoms with Gasteiger partial charge < -0.3 is 9.67 Å². The van der Waals surface area contributed by atoms with Gasteiger partial charge in [-0.1, -0.05) is 43.2 Å². The fraction of sp³-hybridized carbons (Fsp3) is 0.471. The highest BCUT2D eigenvalue weighted by Gasteiger charge is 2.42. The second kappa shape index (κ2) is 5.41. The maximum atomic E-state index is 10.9. The zero-order valence-corrected chi connectivity index (χ0v) is 12.0. The molecule has 0 spiro atoms. The lowest BCUT2D eigenvalue weighted by molar-refractivity contribution is 0.0801. The molecule has 1 fully saturated rings. The minimum Gasteiger partial charge on any atom is -0.392 e. The van der Waals surface area contributed by atoms with Gasteiger partial charge in [-0.2, -0.15) is 0 Å². The third kappa shape index (κ3) is 2.27. The zero-order chi connectivity index (χ0) is 14.0. The molecule has 0 saturated heterocycles. The van der Waals surface area contributed by atoms with Crippen molar-refractivity contribution in [2.45, 2.75) is 43.6 Å². The fourth-order valence-electron chi connectivity index (χ4n) is 3.55. The molecule has 106 valence electrons. The molecule has 2 aromatic rings. The van der Waals surface area contributed by atoms with Gasteiger partial charge in [0.05, 0.1) is 6.10 Å². The highest BCUT2D eigenvalue weighted by molar-refractivity contribution is 5.29. The van der Waals surface area contributed by atoms with Crippen LogP contribution >= 0.6 is 0 Å². The number of aliphatic hydroxyl groups is 1. The number of imidazole rings is 1. The van der Waals surface area contributed by atoms with Crippen LogP contribution in [0.25, 0.3) is 0 Å². The van der Waals surface area contributed by atoms with Crippen LogP contribution in [0.3, 0.4) is 0 Å². The van der Waals surface area contributed by atoms with Crippen LogP contribution in [0.15, 0.2) is 42.7 Å². The average Bonchev–Trinajstić information content (AvgIpc) is 3.11. The van der Waals surface area contributed by atoms with Gasteiger partial charge in [0, 0.05) is 31.3 Å². The van der Waals surface area contributed by atoms with E-state index in [1.54, 1.807) is 6.20 Å². The Balaban J connectivity index is 1.89. The first-order valence-electron chi connectivity index (χ1n) is 7.42. The van der Waals surface area contributed by atoms with Crippen molar-refractivity contribution >= 4 is 0 Å². The number of benzene rings is 1. The minimum atomic E-state index is -0.367. The third-order valence-corrected chi connectivity index (χ3v) is 4.78. The van der Waals surface area contributed by atoms with Crippen molar-refractivity contribution in [3.05, 3.63) is 54.1 Å². The molecule has 1 aliphatic rings. The second-order valence-electron chi connectivity index (χ2n) is 5.90. The normalized spacial score (nSPS) is 19.1. The van der Waals surface area contributed by atoms with Crippen molar-refractivity contribution in [1.82, 2.24) is 9.55 Å². The molecule has 0 bridgehead atoms. The molecule has 1 aliphatic carbocycles. The number of aromatic nitrogens is 2. The van der Waals surface area contributed by atoms with E-state index in [1.807, 2.05) is 23.9 Å². The number of aryl methyl sites for hydroxylation is 1. The van der Waals surface area contributed by atoms with E-state index in [1.165, 1.54) is 18.4 Å². The topological polar surface area (TPSA) is 38.0 Å². The summed E-state index contributed by atoms with van der Waals surface area (Å²) < 4.78 is 2.00. The molecule has 0 aliphatic heterocycles. The van der Waals surface area contributed by atoms with Gasteiger partial charge >= 0.3 is 0 Å². The van der Waals surface area contributed by atoms with Crippen molar-refractivity contribution in [2.24, 2.45) is 7.05 Å². The van der Waals surface area contributed by atoms with Crippen LogP contribution in [0.4, 0.5) is 0 Å². The van der Waals surface area contributed by atoms with Crippen molar-refractivity contribution in [3.63, 3.8) is 0 Å². The van der Waals surface area contributed by atoms with Crippen LogP contribution in [0.5, 0.6) is 0 Å². The molecule has 0 amide bonds. The van der Waals surface area contributed by atoms with E-state index in [-0.39, 0.29) is 11.5 Å². The lowest BCUT2D eigenvalue weighted by Crippen LogP contribution is -2.39. The van der Waals surface area contributed by atoms with E-state index >= 15 is 0 Å². The van der Waals surface area contributed by atoms with Crippen LogP contribution in [-0.4, -0.2) is 20.8 Å². The summed E-state index contributed by atoms with van der Waals surface area (Å²) in [6.07, 6.45) is 8.54. The van der Waals surface area contributed by atoms with Crippen molar-refractivity contribution in [2.75, 3.05) is 0 Å². The van der Waals surface area contributed by atoms with Gasteiger partial charge in [-0.15, -0.1) is 0 Å². The van der Waals surface area contributed by atoms with Gasteiger partial charge in [0.15, 0.2) is 0 Å². The van der Waals surface area contributed by atoms with Crippen molar-refractivity contribution in [1.29, 1.82) is 0 Å². The minimum absolute atomic E-state index is 0.0901. The molecule has 1 aromatic heterocycles. The van der Waals surface area contributed by atoms with E-state index in [0.29, 0.717) is 6.42 Å². The summed E-state index contributed by atoms with van der Waals surface area (Å²) in [5.74, 6) is 0.958. The van der Waals surface area contributed by atoms with Crippen molar-refractivity contribution in [3.8, 4) is 0 Å². The number of hydrogen-bond acceptors (Lipinski definition) is 2. The Kier molecular flexibility index (Phi) is 3.62. The summed E-state index contributed by atoms with van der Waals surface area (Å²) >= 11 is 0. The summed E-state index contributed by atoms with van der Waals surface area (Å²) in [7, 11) is 1.99. The van der Waals surface area contributed by atoms with Crippen LogP contribution in [0.2, 0.25) is 0 Å². The molecule has 1 saturated carbocycles. The summed E-state index contributed by atoms with van der Waals surface area (Å²) in [4.78, 5) is 4.35. The molecule has 3 nitrogen and oxygen atoms in total. The number of nitrogens with zero attached hydrogens (tertiary/aromatic N) is 2. The molecule has 0 radical (unpaired) electrons. The Bertz CT molecular complexity index is 555. The van der Waals surface area contributed by atoms with E-state index in [2.05, 4.69) is 29.2 Å². The Morgan fingerprint density at radius 2 is 1.95 bits per heavy atom. The van der Waals surface area contributed by atoms with Gasteiger partial charge in [0.1, 0.15) is 5.82 Å². The van der Waals surface area contributed by atoms with E-state index in [0.717, 1.165) is 18.7 Å². The average molecular weight is 270 g/mol. The first-order chi connectivity index (χ1) is 9.72. The quantitative estimate of drug-likeness (QED) is 0.927.